The van der Waals surface area contributed by atoms with Crippen molar-refractivity contribution in [2.75, 3.05) is 47.6 Å². The topological polar surface area (TPSA) is 55.3 Å². The minimum absolute atomic E-state index is 0. The van der Waals surface area contributed by atoms with Gasteiger partial charge in [-0.2, -0.15) is 0 Å². The summed E-state index contributed by atoms with van der Waals surface area (Å²) >= 11 is 0. The Kier molecular flexibility index (Phi) is 8.81. The van der Waals surface area contributed by atoms with Gasteiger partial charge in [-0.1, -0.05) is 12.1 Å². The molecule has 0 spiro atoms. The summed E-state index contributed by atoms with van der Waals surface area (Å²) in [5.41, 5.74) is 3.32. The van der Waals surface area contributed by atoms with Crippen LogP contribution in [-0.4, -0.2) is 58.4 Å². The SMILES string of the molecule is CN=C(NCC1(c2cccc(F)c2)CCOCC1)N1CCc2cc(OC)c(OC)cc2C1.I. The van der Waals surface area contributed by atoms with Crippen molar-refractivity contribution in [3.63, 3.8) is 0 Å². The van der Waals surface area contributed by atoms with E-state index in [9.17, 15) is 4.39 Å². The number of benzene rings is 2. The standard InChI is InChI=1S/C25H32FN3O3.HI/c1-27-24(29-10-7-18-13-22(30-2)23(31-3)14-19(18)16-29)28-17-25(8-11-32-12-9-25)20-5-4-6-21(26)15-20;/h4-6,13-15H,7-12,16-17H2,1-3H3,(H,27,28);1H. The van der Waals surface area contributed by atoms with Crippen LogP contribution in [0.5, 0.6) is 11.5 Å². The van der Waals surface area contributed by atoms with Gasteiger partial charge in [-0.05, 0) is 60.2 Å². The highest BCUT2D eigenvalue weighted by Gasteiger charge is 2.35. The molecule has 0 unspecified atom stereocenters. The molecule has 4 rings (SSSR count). The molecule has 2 aromatic carbocycles. The second kappa shape index (κ2) is 11.4. The molecule has 180 valence electrons. The lowest BCUT2D eigenvalue weighted by Gasteiger charge is -2.40. The Labute approximate surface area is 212 Å². The van der Waals surface area contributed by atoms with E-state index in [1.54, 1.807) is 26.4 Å². The molecule has 6 nitrogen and oxygen atoms in total. The molecule has 33 heavy (non-hydrogen) atoms. The van der Waals surface area contributed by atoms with Gasteiger partial charge in [0.25, 0.3) is 0 Å². The molecule has 0 radical (unpaired) electrons. The Balaban J connectivity index is 0.00000306. The summed E-state index contributed by atoms with van der Waals surface area (Å²) in [6.07, 6.45) is 2.60. The van der Waals surface area contributed by atoms with Crippen molar-refractivity contribution in [1.82, 2.24) is 10.2 Å². The predicted molar refractivity (Wildman–Crippen MR) is 139 cm³/mol. The van der Waals surface area contributed by atoms with E-state index in [-0.39, 0.29) is 35.2 Å². The van der Waals surface area contributed by atoms with Gasteiger partial charge in [-0.3, -0.25) is 4.99 Å². The van der Waals surface area contributed by atoms with Crippen LogP contribution < -0.4 is 14.8 Å². The smallest absolute Gasteiger partial charge is 0.193 e. The average molecular weight is 569 g/mol. The fraction of sp³-hybridized carbons (Fsp3) is 0.480. The Morgan fingerprint density at radius 3 is 2.45 bits per heavy atom. The number of hydrogen-bond donors (Lipinski definition) is 1. The first-order valence-electron chi connectivity index (χ1n) is 11.1. The largest absolute Gasteiger partial charge is 0.493 e. The molecule has 2 heterocycles. The Hall–Kier alpha value is -2.07. The molecular weight excluding hydrogens is 536 g/mol. The average Bonchev–Trinajstić information content (AvgIpc) is 2.84. The number of rotatable bonds is 5. The Bertz CT molecular complexity index is 979. The normalized spacial score (nSPS) is 17.6. The molecule has 0 atom stereocenters. The number of aliphatic imine (C=N–C) groups is 1. The zero-order valence-electron chi connectivity index (χ0n) is 19.5. The number of fused-ring (bicyclic) bond motifs is 1. The molecule has 2 aliphatic heterocycles. The summed E-state index contributed by atoms with van der Waals surface area (Å²) in [5, 5.41) is 3.59. The molecule has 1 N–H and O–H groups in total. The van der Waals surface area contributed by atoms with Gasteiger partial charge in [0.2, 0.25) is 0 Å². The number of halogens is 2. The number of methoxy groups -OCH3 is 2. The van der Waals surface area contributed by atoms with E-state index in [2.05, 4.69) is 27.3 Å². The van der Waals surface area contributed by atoms with Crippen LogP contribution in [-0.2, 0) is 23.1 Å². The lowest BCUT2D eigenvalue weighted by molar-refractivity contribution is 0.0510. The summed E-state index contributed by atoms with van der Waals surface area (Å²) in [4.78, 5) is 6.81. The molecule has 2 aliphatic rings. The van der Waals surface area contributed by atoms with Gasteiger partial charge in [-0.25, -0.2) is 4.39 Å². The molecule has 0 aromatic heterocycles. The lowest BCUT2D eigenvalue weighted by atomic mass is 9.74. The maximum atomic E-state index is 14.0. The van der Waals surface area contributed by atoms with Crippen molar-refractivity contribution in [3.8, 4) is 11.5 Å². The highest BCUT2D eigenvalue weighted by molar-refractivity contribution is 14.0. The van der Waals surface area contributed by atoms with Gasteiger partial charge < -0.3 is 24.4 Å². The molecule has 8 heteroatoms. The fourth-order valence-electron chi connectivity index (χ4n) is 4.79. The second-order valence-corrected chi connectivity index (χ2v) is 8.45. The first-order chi connectivity index (χ1) is 15.6. The van der Waals surface area contributed by atoms with E-state index >= 15 is 0 Å². The number of nitrogens with one attached hydrogen (secondary N) is 1. The van der Waals surface area contributed by atoms with Crippen LogP contribution in [0, 0.1) is 5.82 Å². The second-order valence-electron chi connectivity index (χ2n) is 8.45. The Morgan fingerprint density at radius 1 is 1.12 bits per heavy atom. The molecule has 1 saturated heterocycles. The zero-order chi connectivity index (χ0) is 22.6. The maximum Gasteiger partial charge on any atom is 0.193 e. The highest BCUT2D eigenvalue weighted by Crippen LogP contribution is 2.35. The molecule has 1 fully saturated rings. The van der Waals surface area contributed by atoms with Gasteiger partial charge in [0.15, 0.2) is 17.5 Å². The van der Waals surface area contributed by atoms with E-state index in [4.69, 9.17) is 14.2 Å². The first-order valence-corrected chi connectivity index (χ1v) is 11.1. The van der Waals surface area contributed by atoms with Crippen LogP contribution in [0.25, 0.3) is 0 Å². The van der Waals surface area contributed by atoms with Crippen LogP contribution >= 0.6 is 24.0 Å². The fourth-order valence-corrected chi connectivity index (χ4v) is 4.79. The minimum Gasteiger partial charge on any atom is -0.493 e. The van der Waals surface area contributed by atoms with Crippen LogP contribution in [0.4, 0.5) is 4.39 Å². The monoisotopic (exact) mass is 569 g/mol. The highest BCUT2D eigenvalue weighted by atomic mass is 127. The summed E-state index contributed by atoms with van der Waals surface area (Å²) in [7, 11) is 5.13. The Morgan fingerprint density at radius 2 is 1.82 bits per heavy atom. The summed E-state index contributed by atoms with van der Waals surface area (Å²) in [6, 6.07) is 11.1. The van der Waals surface area contributed by atoms with E-state index in [0.29, 0.717) is 19.8 Å². The molecular formula is C25H33FIN3O3. The summed E-state index contributed by atoms with van der Waals surface area (Å²) in [5.74, 6) is 2.16. The summed E-state index contributed by atoms with van der Waals surface area (Å²) < 4.78 is 30.6. The zero-order valence-corrected chi connectivity index (χ0v) is 21.9. The van der Waals surface area contributed by atoms with Crippen LogP contribution in [0.3, 0.4) is 0 Å². The van der Waals surface area contributed by atoms with Crippen LogP contribution in [0.2, 0.25) is 0 Å². The maximum absolute atomic E-state index is 14.0. The third-order valence-electron chi connectivity index (χ3n) is 6.70. The number of ether oxygens (including phenoxy) is 3. The molecule has 0 amide bonds. The predicted octanol–water partition coefficient (Wildman–Crippen LogP) is 4.14. The molecule has 0 saturated carbocycles. The quantitative estimate of drug-likeness (QED) is 0.334. The van der Waals surface area contributed by atoms with E-state index in [1.165, 1.54) is 17.2 Å². The van der Waals surface area contributed by atoms with E-state index in [0.717, 1.165) is 55.4 Å². The van der Waals surface area contributed by atoms with Gasteiger partial charge in [-0.15, -0.1) is 24.0 Å². The van der Waals surface area contributed by atoms with Gasteiger partial charge >= 0.3 is 0 Å². The van der Waals surface area contributed by atoms with Gasteiger partial charge in [0, 0.05) is 45.3 Å². The third kappa shape index (κ3) is 5.54. The van der Waals surface area contributed by atoms with E-state index < -0.39 is 0 Å². The summed E-state index contributed by atoms with van der Waals surface area (Å²) in [6.45, 7) is 3.64. The lowest BCUT2D eigenvalue weighted by Crippen LogP contribution is -2.50. The molecule has 0 bridgehead atoms. The van der Waals surface area contributed by atoms with Crippen molar-refractivity contribution >= 4 is 29.9 Å². The third-order valence-corrected chi connectivity index (χ3v) is 6.70. The van der Waals surface area contributed by atoms with Crippen molar-refractivity contribution in [1.29, 1.82) is 0 Å². The van der Waals surface area contributed by atoms with Crippen LogP contribution in [0.15, 0.2) is 41.4 Å². The van der Waals surface area contributed by atoms with Gasteiger partial charge in [0.1, 0.15) is 5.82 Å². The van der Waals surface area contributed by atoms with Crippen molar-refractivity contribution in [2.45, 2.75) is 31.2 Å². The van der Waals surface area contributed by atoms with Crippen molar-refractivity contribution < 1.29 is 18.6 Å². The van der Waals surface area contributed by atoms with E-state index in [1.807, 2.05) is 13.1 Å². The van der Waals surface area contributed by atoms with Crippen LogP contribution in [0.1, 0.15) is 29.5 Å². The first kappa shape index (κ1) is 25.6. The van der Waals surface area contributed by atoms with Crippen molar-refractivity contribution in [2.24, 2.45) is 4.99 Å². The number of guanidine groups is 1. The number of nitrogens with zero attached hydrogens (tertiary/aromatic N) is 2. The van der Waals surface area contributed by atoms with Crippen molar-refractivity contribution in [3.05, 3.63) is 58.9 Å². The molecule has 2 aromatic rings. The minimum atomic E-state index is -0.199. The number of hydrogen-bond acceptors (Lipinski definition) is 4. The van der Waals surface area contributed by atoms with Gasteiger partial charge in [0.05, 0.1) is 14.2 Å². The molecule has 0 aliphatic carbocycles.